The quantitative estimate of drug-likeness (QED) is 0.557. The monoisotopic (exact) mass is 389 g/mol. The first-order valence-electron chi connectivity index (χ1n) is 9.57. The van der Waals surface area contributed by atoms with Gasteiger partial charge in [-0.1, -0.05) is 89.5 Å². The smallest absolute Gasteiger partial charge is 0.230 e. The van der Waals surface area contributed by atoms with E-state index < -0.39 is 0 Å². The molecule has 1 atom stereocenters. The van der Waals surface area contributed by atoms with E-state index in [0.29, 0.717) is 5.75 Å². The Morgan fingerprint density at radius 1 is 0.821 bits per heavy atom. The molecule has 0 aliphatic heterocycles. The first-order valence-corrected chi connectivity index (χ1v) is 10.7. The van der Waals surface area contributed by atoms with Crippen LogP contribution in [0, 0.1) is 20.8 Å². The maximum Gasteiger partial charge on any atom is 0.230 e. The molecule has 0 bridgehead atoms. The number of nitrogens with one attached hydrogen (secondary N) is 1. The lowest BCUT2D eigenvalue weighted by Crippen LogP contribution is -2.30. The van der Waals surface area contributed by atoms with Gasteiger partial charge in [0.1, 0.15) is 0 Å². The van der Waals surface area contributed by atoms with E-state index in [-0.39, 0.29) is 11.9 Å². The van der Waals surface area contributed by atoms with Crippen molar-refractivity contribution >= 4 is 17.7 Å². The maximum atomic E-state index is 12.7. The molecule has 2 nitrogen and oxygen atoms in total. The van der Waals surface area contributed by atoms with E-state index in [2.05, 4.69) is 80.7 Å². The van der Waals surface area contributed by atoms with Crippen LogP contribution in [0.15, 0.2) is 72.8 Å². The average molecular weight is 390 g/mol. The zero-order valence-corrected chi connectivity index (χ0v) is 17.6. The Kier molecular flexibility index (Phi) is 6.94. The van der Waals surface area contributed by atoms with Gasteiger partial charge in [-0.2, -0.15) is 0 Å². The van der Waals surface area contributed by atoms with Crippen molar-refractivity contribution in [2.75, 3.05) is 5.75 Å². The van der Waals surface area contributed by atoms with Crippen LogP contribution < -0.4 is 5.32 Å². The van der Waals surface area contributed by atoms with Gasteiger partial charge in [0, 0.05) is 5.75 Å². The SMILES string of the molecule is Cc1ccc([C@H](NC(=O)CSCc2cc(C)cc(C)c2)c2ccccc2)cc1. The van der Waals surface area contributed by atoms with Crippen LogP contribution >= 0.6 is 11.8 Å². The number of thioether (sulfide) groups is 1. The van der Waals surface area contributed by atoms with Gasteiger partial charge in [-0.25, -0.2) is 0 Å². The molecule has 3 heteroatoms. The topological polar surface area (TPSA) is 29.1 Å². The summed E-state index contributed by atoms with van der Waals surface area (Å²) in [5, 5.41) is 3.22. The van der Waals surface area contributed by atoms with Gasteiger partial charge in [0.15, 0.2) is 0 Å². The van der Waals surface area contributed by atoms with E-state index in [1.54, 1.807) is 11.8 Å². The van der Waals surface area contributed by atoms with E-state index in [0.717, 1.165) is 16.9 Å². The first-order chi connectivity index (χ1) is 13.5. The molecule has 0 heterocycles. The summed E-state index contributed by atoms with van der Waals surface area (Å²) in [6.45, 7) is 6.29. The van der Waals surface area contributed by atoms with Crippen LogP contribution in [-0.4, -0.2) is 11.7 Å². The number of rotatable bonds is 7. The lowest BCUT2D eigenvalue weighted by Gasteiger charge is -2.20. The minimum Gasteiger partial charge on any atom is -0.344 e. The molecule has 3 aromatic carbocycles. The predicted molar refractivity (Wildman–Crippen MR) is 120 cm³/mol. The highest BCUT2D eigenvalue weighted by atomic mass is 32.2. The summed E-state index contributed by atoms with van der Waals surface area (Å²) in [5.41, 5.74) is 7.22. The van der Waals surface area contributed by atoms with E-state index >= 15 is 0 Å². The van der Waals surface area contributed by atoms with Crippen LogP contribution in [0.2, 0.25) is 0 Å². The number of hydrogen-bond acceptors (Lipinski definition) is 2. The molecule has 0 fully saturated rings. The van der Waals surface area contributed by atoms with Crippen molar-refractivity contribution in [3.05, 3.63) is 106 Å². The van der Waals surface area contributed by atoms with Crippen LogP contribution in [-0.2, 0) is 10.5 Å². The zero-order chi connectivity index (χ0) is 19.9. The predicted octanol–water partition coefficient (Wildman–Crippen LogP) is 5.75. The summed E-state index contributed by atoms with van der Waals surface area (Å²) in [6.07, 6.45) is 0. The molecule has 1 amide bonds. The summed E-state index contributed by atoms with van der Waals surface area (Å²) >= 11 is 1.65. The van der Waals surface area contributed by atoms with Crippen molar-refractivity contribution in [3.8, 4) is 0 Å². The molecule has 0 spiro atoms. The molecule has 0 aromatic heterocycles. The molecule has 0 aliphatic rings. The van der Waals surface area contributed by atoms with Crippen LogP contribution in [0.5, 0.6) is 0 Å². The van der Waals surface area contributed by atoms with Crippen molar-refractivity contribution in [1.82, 2.24) is 5.32 Å². The van der Waals surface area contributed by atoms with Crippen LogP contribution in [0.25, 0.3) is 0 Å². The average Bonchev–Trinajstić information content (AvgIpc) is 2.67. The van der Waals surface area contributed by atoms with Crippen LogP contribution in [0.1, 0.15) is 39.4 Å². The minimum absolute atomic E-state index is 0.0591. The Labute approximate surface area is 172 Å². The summed E-state index contributed by atoms with van der Waals surface area (Å²) in [7, 11) is 0. The van der Waals surface area contributed by atoms with Crippen LogP contribution in [0.4, 0.5) is 0 Å². The van der Waals surface area contributed by atoms with Gasteiger partial charge >= 0.3 is 0 Å². The van der Waals surface area contributed by atoms with Crippen molar-refractivity contribution in [1.29, 1.82) is 0 Å². The van der Waals surface area contributed by atoms with Gasteiger partial charge in [0.05, 0.1) is 11.8 Å². The normalized spacial score (nSPS) is 11.8. The summed E-state index contributed by atoms with van der Waals surface area (Å²) < 4.78 is 0. The molecule has 0 unspecified atom stereocenters. The zero-order valence-electron chi connectivity index (χ0n) is 16.7. The van der Waals surface area contributed by atoms with Gasteiger partial charge < -0.3 is 5.32 Å². The Bertz CT molecular complexity index is 899. The Hall–Kier alpha value is -2.52. The second-order valence-electron chi connectivity index (χ2n) is 7.31. The van der Waals surface area contributed by atoms with Gasteiger partial charge in [0.25, 0.3) is 0 Å². The molecule has 28 heavy (non-hydrogen) atoms. The number of aryl methyl sites for hydroxylation is 3. The molecule has 3 aromatic rings. The fourth-order valence-electron chi connectivity index (χ4n) is 3.38. The number of amides is 1. The standard InChI is InChI=1S/C25H27NOS/c1-18-9-11-23(12-10-18)25(22-7-5-4-6-8-22)26-24(27)17-28-16-21-14-19(2)13-20(3)15-21/h4-15,25H,16-17H2,1-3H3,(H,26,27)/t25-/m1/s1. The third-order valence-electron chi connectivity index (χ3n) is 4.63. The molecular weight excluding hydrogens is 362 g/mol. The number of carbonyl (C=O) groups excluding carboxylic acids is 1. The Morgan fingerprint density at radius 3 is 2.07 bits per heavy atom. The number of benzene rings is 3. The fourth-order valence-corrected chi connectivity index (χ4v) is 4.15. The number of carbonyl (C=O) groups is 1. The highest BCUT2D eigenvalue weighted by molar-refractivity contribution is 7.99. The van der Waals surface area contributed by atoms with E-state index in [4.69, 9.17) is 0 Å². The Morgan fingerprint density at radius 2 is 1.43 bits per heavy atom. The third kappa shape index (κ3) is 5.74. The number of hydrogen-bond donors (Lipinski definition) is 1. The Balaban J connectivity index is 1.65. The molecular formula is C25H27NOS. The molecule has 0 aliphatic carbocycles. The van der Waals surface area contributed by atoms with E-state index in [9.17, 15) is 4.79 Å². The lowest BCUT2D eigenvalue weighted by molar-refractivity contribution is -0.119. The molecule has 0 radical (unpaired) electrons. The van der Waals surface area contributed by atoms with E-state index in [1.165, 1.54) is 22.3 Å². The van der Waals surface area contributed by atoms with Gasteiger partial charge in [-0.3, -0.25) is 4.79 Å². The molecule has 144 valence electrons. The van der Waals surface area contributed by atoms with Gasteiger partial charge in [-0.05, 0) is 37.5 Å². The lowest BCUT2D eigenvalue weighted by atomic mass is 9.98. The second-order valence-corrected chi connectivity index (χ2v) is 8.30. The highest BCUT2D eigenvalue weighted by Crippen LogP contribution is 2.23. The maximum absolute atomic E-state index is 12.7. The summed E-state index contributed by atoms with van der Waals surface area (Å²) in [4.78, 5) is 12.7. The largest absolute Gasteiger partial charge is 0.344 e. The van der Waals surface area contributed by atoms with Gasteiger partial charge in [0.2, 0.25) is 5.91 Å². The molecule has 0 saturated heterocycles. The van der Waals surface area contributed by atoms with Crippen molar-refractivity contribution in [2.24, 2.45) is 0 Å². The minimum atomic E-state index is -0.129. The summed E-state index contributed by atoms with van der Waals surface area (Å²) in [5.74, 6) is 1.35. The van der Waals surface area contributed by atoms with Crippen molar-refractivity contribution in [3.63, 3.8) is 0 Å². The summed E-state index contributed by atoms with van der Waals surface area (Å²) in [6, 6.07) is 24.9. The molecule has 3 rings (SSSR count). The molecule has 1 N–H and O–H groups in total. The van der Waals surface area contributed by atoms with Gasteiger partial charge in [-0.15, -0.1) is 11.8 Å². The second kappa shape index (κ2) is 9.61. The van der Waals surface area contributed by atoms with Crippen LogP contribution in [0.3, 0.4) is 0 Å². The highest BCUT2D eigenvalue weighted by Gasteiger charge is 2.16. The fraction of sp³-hybridized carbons (Fsp3) is 0.240. The molecule has 0 saturated carbocycles. The van der Waals surface area contributed by atoms with Crippen molar-refractivity contribution in [2.45, 2.75) is 32.6 Å². The first kappa shape index (κ1) is 20.2. The third-order valence-corrected chi connectivity index (χ3v) is 5.64. The van der Waals surface area contributed by atoms with E-state index in [1.807, 2.05) is 18.2 Å². The van der Waals surface area contributed by atoms with Crippen molar-refractivity contribution < 1.29 is 4.79 Å².